The number of amides is 1. The van der Waals surface area contributed by atoms with E-state index in [4.69, 9.17) is 17.3 Å². The van der Waals surface area contributed by atoms with E-state index in [0.717, 1.165) is 17.7 Å². The lowest BCUT2D eigenvalue weighted by Crippen LogP contribution is -2.23. The number of hydrogen-bond acceptors (Lipinski definition) is 2. The van der Waals surface area contributed by atoms with Crippen LogP contribution in [0.2, 0.25) is 5.02 Å². The highest BCUT2D eigenvalue weighted by Crippen LogP contribution is 2.23. The molecule has 0 aliphatic rings. The molecule has 0 aliphatic carbocycles. The molecule has 1 aromatic rings. The van der Waals surface area contributed by atoms with Crippen molar-refractivity contribution in [2.45, 2.75) is 33.6 Å². The average molecular weight is 283 g/mol. The molecule has 0 heterocycles. The fourth-order valence-corrected chi connectivity index (χ4v) is 2.31. The molecule has 0 aliphatic heterocycles. The van der Waals surface area contributed by atoms with Gasteiger partial charge in [-0.05, 0) is 49.4 Å². The lowest BCUT2D eigenvalue weighted by atomic mass is 9.94. The Kier molecular flexibility index (Phi) is 6.32. The number of halogens is 1. The summed E-state index contributed by atoms with van der Waals surface area (Å²) >= 11 is 6.03. The first kappa shape index (κ1) is 16.0. The summed E-state index contributed by atoms with van der Waals surface area (Å²) in [5.41, 5.74) is 7.39. The van der Waals surface area contributed by atoms with Gasteiger partial charge in [0, 0.05) is 17.1 Å². The van der Waals surface area contributed by atoms with E-state index >= 15 is 0 Å². The van der Waals surface area contributed by atoms with Crippen molar-refractivity contribution < 1.29 is 4.79 Å². The summed E-state index contributed by atoms with van der Waals surface area (Å²) < 4.78 is 0. The molecule has 0 saturated carbocycles. The Labute approximate surface area is 120 Å². The van der Waals surface area contributed by atoms with Crippen LogP contribution >= 0.6 is 11.6 Å². The molecule has 1 amide bonds. The van der Waals surface area contributed by atoms with Gasteiger partial charge in [0.1, 0.15) is 0 Å². The van der Waals surface area contributed by atoms with E-state index in [2.05, 4.69) is 19.2 Å². The molecule has 0 radical (unpaired) electrons. The molecule has 19 heavy (non-hydrogen) atoms. The molecular formula is C15H23ClN2O. The van der Waals surface area contributed by atoms with E-state index in [-0.39, 0.29) is 11.8 Å². The van der Waals surface area contributed by atoms with E-state index in [0.29, 0.717) is 23.9 Å². The number of rotatable bonds is 6. The van der Waals surface area contributed by atoms with Crippen molar-refractivity contribution >= 4 is 23.2 Å². The second-order valence-electron chi connectivity index (χ2n) is 5.40. The van der Waals surface area contributed by atoms with Gasteiger partial charge in [-0.1, -0.05) is 31.5 Å². The molecular weight excluding hydrogens is 260 g/mol. The summed E-state index contributed by atoms with van der Waals surface area (Å²) in [4.78, 5) is 12.0. The number of anilines is 1. The second-order valence-corrected chi connectivity index (χ2v) is 5.80. The number of nitrogens with two attached hydrogens (primary N) is 1. The topological polar surface area (TPSA) is 55.1 Å². The summed E-state index contributed by atoms with van der Waals surface area (Å²) in [6.45, 7) is 6.72. The van der Waals surface area contributed by atoms with Crippen molar-refractivity contribution in [1.82, 2.24) is 0 Å². The fraction of sp³-hybridized carbons (Fsp3) is 0.533. The second kappa shape index (κ2) is 7.51. The molecule has 3 N–H and O–H groups in total. The summed E-state index contributed by atoms with van der Waals surface area (Å²) in [6, 6.07) is 5.51. The van der Waals surface area contributed by atoms with Crippen molar-refractivity contribution in [1.29, 1.82) is 0 Å². The van der Waals surface area contributed by atoms with Gasteiger partial charge in [-0.15, -0.1) is 0 Å². The van der Waals surface area contributed by atoms with Crippen LogP contribution in [0.15, 0.2) is 18.2 Å². The number of carbonyl (C=O) groups excluding carboxylic acids is 1. The molecule has 4 heteroatoms. The first-order chi connectivity index (χ1) is 8.93. The third-order valence-electron chi connectivity index (χ3n) is 3.15. The van der Waals surface area contributed by atoms with Crippen LogP contribution in [0.1, 0.15) is 32.3 Å². The van der Waals surface area contributed by atoms with Crippen molar-refractivity contribution in [2.75, 3.05) is 11.9 Å². The van der Waals surface area contributed by atoms with E-state index in [1.807, 2.05) is 25.1 Å². The van der Waals surface area contributed by atoms with Crippen LogP contribution in [-0.4, -0.2) is 12.5 Å². The maximum atomic E-state index is 12.0. The Morgan fingerprint density at radius 1 is 1.42 bits per heavy atom. The van der Waals surface area contributed by atoms with E-state index in [1.54, 1.807) is 0 Å². The van der Waals surface area contributed by atoms with Gasteiger partial charge in [0.05, 0.1) is 0 Å². The Morgan fingerprint density at radius 3 is 2.68 bits per heavy atom. The lowest BCUT2D eigenvalue weighted by Gasteiger charge is -2.17. The molecule has 1 rings (SSSR count). The van der Waals surface area contributed by atoms with Crippen LogP contribution in [0.5, 0.6) is 0 Å². The monoisotopic (exact) mass is 282 g/mol. The molecule has 0 bridgehead atoms. The summed E-state index contributed by atoms with van der Waals surface area (Å²) in [5.74, 6) is 0.787. The Balaban J connectivity index is 2.62. The van der Waals surface area contributed by atoms with Crippen molar-refractivity contribution in [3.05, 3.63) is 28.8 Å². The van der Waals surface area contributed by atoms with Crippen LogP contribution in [0.25, 0.3) is 0 Å². The quantitative estimate of drug-likeness (QED) is 0.838. The van der Waals surface area contributed by atoms with Gasteiger partial charge < -0.3 is 11.1 Å². The zero-order valence-corrected chi connectivity index (χ0v) is 12.6. The molecule has 3 nitrogen and oxygen atoms in total. The van der Waals surface area contributed by atoms with Gasteiger partial charge in [0.25, 0.3) is 0 Å². The van der Waals surface area contributed by atoms with Gasteiger partial charge in [0.2, 0.25) is 5.91 Å². The third-order valence-corrected chi connectivity index (χ3v) is 3.56. The van der Waals surface area contributed by atoms with Crippen molar-refractivity contribution in [3.8, 4) is 0 Å². The third kappa shape index (κ3) is 5.21. The van der Waals surface area contributed by atoms with Gasteiger partial charge >= 0.3 is 0 Å². The zero-order chi connectivity index (χ0) is 14.4. The molecule has 0 fully saturated rings. The van der Waals surface area contributed by atoms with Crippen LogP contribution in [0, 0.1) is 18.8 Å². The summed E-state index contributed by atoms with van der Waals surface area (Å²) in [5, 5.41) is 3.57. The number of nitrogens with one attached hydrogen (secondary N) is 1. The van der Waals surface area contributed by atoms with E-state index in [1.165, 1.54) is 0 Å². The number of hydrogen-bond donors (Lipinski definition) is 2. The van der Waals surface area contributed by atoms with Gasteiger partial charge in [-0.2, -0.15) is 0 Å². The van der Waals surface area contributed by atoms with Crippen molar-refractivity contribution in [3.63, 3.8) is 0 Å². The van der Waals surface area contributed by atoms with Gasteiger partial charge in [-0.3, -0.25) is 4.79 Å². The minimum atomic E-state index is 0.00136. The predicted molar refractivity (Wildman–Crippen MR) is 81.4 cm³/mol. The van der Waals surface area contributed by atoms with Crippen LogP contribution in [0.4, 0.5) is 5.69 Å². The smallest absolute Gasteiger partial charge is 0.224 e. The number of carbonyl (C=O) groups is 1. The minimum Gasteiger partial charge on any atom is -0.330 e. The minimum absolute atomic E-state index is 0.00136. The summed E-state index contributed by atoms with van der Waals surface area (Å²) in [6.07, 6.45) is 1.43. The Morgan fingerprint density at radius 2 is 2.11 bits per heavy atom. The first-order valence-electron chi connectivity index (χ1n) is 6.69. The highest BCUT2D eigenvalue weighted by Gasteiger charge is 2.15. The molecule has 0 spiro atoms. The van der Waals surface area contributed by atoms with E-state index < -0.39 is 0 Å². The van der Waals surface area contributed by atoms with Crippen LogP contribution in [-0.2, 0) is 4.79 Å². The van der Waals surface area contributed by atoms with Crippen LogP contribution < -0.4 is 11.1 Å². The Bertz CT molecular complexity index is 432. The van der Waals surface area contributed by atoms with Gasteiger partial charge in [-0.25, -0.2) is 0 Å². The molecule has 1 atom stereocenters. The normalized spacial score (nSPS) is 12.5. The highest BCUT2D eigenvalue weighted by atomic mass is 35.5. The zero-order valence-electron chi connectivity index (χ0n) is 11.9. The standard InChI is InChI=1S/C15H23ClN2O/c1-10(2)7-12(9-17)8-15(19)18-14-6-4-5-13(16)11(14)3/h4-6,10,12H,7-9,17H2,1-3H3,(H,18,19). The fourth-order valence-electron chi connectivity index (χ4n) is 2.14. The molecule has 0 aromatic heterocycles. The maximum Gasteiger partial charge on any atom is 0.224 e. The number of benzene rings is 1. The van der Waals surface area contributed by atoms with Gasteiger partial charge in [0.15, 0.2) is 0 Å². The average Bonchev–Trinajstić information content (AvgIpc) is 2.33. The highest BCUT2D eigenvalue weighted by molar-refractivity contribution is 6.31. The molecule has 0 saturated heterocycles. The molecule has 1 unspecified atom stereocenters. The predicted octanol–water partition coefficient (Wildman–Crippen LogP) is 3.60. The van der Waals surface area contributed by atoms with Crippen molar-refractivity contribution in [2.24, 2.45) is 17.6 Å². The maximum absolute atomic E-state index is 12.0. The lowest BCUT2D eigenvalue weighted by molar-refractivity contribution is -0.117. The van der Waals surface area contributed by atoms with Crippen LogP contribution in [0.3, 0.4) is 0 Å². The first-order valence-corrected chi connectivity index (χ1v) is 7.06. The molecule has 106 valence electrons. The SMILES string of the molecule is Cc1c(Cl)cccc1NC(=O)CC(CN)CC(C)C. The summed E-state index contributed by atoms with van der Waals surface area (Å²) in [7, 11) is 0. The molecule has 1 aromatic carbocycles. The Hall–Kier alpha value is -1.06. The largest absolute Gasteiger partial charge is 0.330 e. The van der Waals surface area contributed by atoms with E-state index in [9.17, 15) is 4.79 Å².